The SMILES string of the molecule is Fc1cc(-c2cc3c(cn2)CCCC3)c(F)c(F)c1F. The third-order valence-corrected chi connectivity index (χ3v) is 3.60. The van der Waals surface area contributed by atoms with Crippen molar-refractivity contribution in [2.75, 3.05) is 0 Å². The van der Waals surface area contributed by atoms with E-state index in [-0.39, 0.29) is 11.3 Å². The highest BCUT2D eigenvalue weighted by molar-refractivity contribution is 5.61. The average Bonchev–Trinajstić information content (AvgIpc) is 2.48. The summed E-state index contributed by atoms with van der Waals surface area (Å²) in [6.45, 7) is 0. The van der Waals surface area contributed by atoms with Crippen LogP contribution in [0.5, 0.6) is 0 Å². The first-order chi connectivity index (χ1) is 9.58. The Morgan fingerprint density at radius 2 is 1.50 bits per heavy atom. The van der Waals surface area contributed by atoms with Crippen LogP contribution in [0.2, 0.25) is 0 Å². The molecule has 104 valence electrons. The fraction of sp³-hybridized carbons (Fsp3) is 0.267. The molecular weight excluding hydrogens is 270 g/mol. The predicted octanol–water partition coefficient (Wildman–Crippen LogP) is 4.18. The van der Waals surface area contributed by atoms with E-state index in [4.69, 9.17) is 0 Å². The van der Waals surface area contributed by atoms with Crippen LogP contribution < -0.4 is 0 Å². The Morgan fingerprint density at radius 3 is 2.25 bits per heavy atom. The highest BCUT2D eigenvalue weighted by Crippen LogP contribution is 2.29. The van der Waals surface area contributed by atoms with Crippen molar-refractivity contribution in [1.29, 1.82) is 0 Å². The summed E-state index contributed by atoms with van der Waals surface area (Å²) in [4.78, 5) is 4.04. The van der Waals surface area contributed by atoms with Crippen molar-refractivity contribution >= 4 is 0 Å². The normalized spacial score (nSPS) is 14.2. The average molecular weight is 281 g/mol. The van der Waals surface area contributed by atoms with Crippen LogP contribution in [0.25, 0.3) is 11.3 Å². The van der Waals surface area contributed by atoms with Gasteiger partial charge in [-0.05, 0) is 48.9 Å². The molecule has 1 aromatic heterocycles. The Bertz CT molecular complexity index is 682. The number of pyridine rings is 1. The van der Waals surface area contributed by atoms with Gasteiger partial charge in [-0.2, -0.15) is 0 Å². The van der Waals surface area contributed by atoms with Crippen LogP contribution >= 0.6 is 0 Å². The van der Waals surface area contributed by atoms with Crippen molar-refractivity contribution in [3.8, 4) is 11.3 Å². The molecular formula is C15H11F4N. The van der Waals surface area contributed by atoms with Gasteiger partial charge in [-0.1, -0.05) is 0 Å². The standard InChI is InChI=1S/C15H11F4N/c16-11-6-10(13(17)15(19)14(11)18)12-5-8-3-1-2-4-9(8)7-20-12/h5-7H,1-4H2. The molecule has 0 unspecified atom stereocenters. The predicted molar refractivity (Wildman–Crippen MR) is 66.1 cm³/mol. The van der Waals surface area contributed by atoms with Gasteiger partial charge in [0.1, 0.15) is 0 Å². The second-order valence-corrected chi connectivity index (χ2v) is 4.89. The van der Waals surface area contributed by atoms with Crippen molar-refractivity contribution in [2.24, 2.45) is 0 Å². The molecule has 0 atom stereocenters. The first kappa shape index (κ1) is 13.1. The first-order valence-corrected chi connectivity index (χ1v) is 6.39. The van der Waals surface area contributed by atoms with Crippen molar-refractivity contribution in [1.82, 2.24) is 4.98 Å². The zero-order valence-corrected chi connectivity index (χ0v) is 10.5. The summed E-state index contributed by atoms with van der Waals surface area (Å²) in [6, 6.07) is 2.27. The molecule has 0 saturated heterocycles. The molecule has 2 aromatic rings. The number of nitrogens with zero attached hydrogens (tertiary/aromatic N) is 1. The van der Waals surface area contributed by atoms with Gasteiger partial charge in [0.15, 0.2) is 23.3 Å². The molecule has 1 nitrogen and oxygen atoms in total. The van der Waals surface area contributed by atoms with Gasteiger partial charge in [-0.3, -0.25) is 4.98 Å². The Morgan fingerprint density at radius 1 is 0.800 bits per heavy atom. The van der Waals surface area contributed by atoms with Gasteiger partial charge in [-0.25, -0.2) is 17.6 Å². The topological polar surface area (TPSA) is 12.9 Å². The first-order valence-electron chi connectivity index (χ1n) is 6.39. The van der Waals surface area contributed by atoms with Crippen LogP contribution in [0.4, 0.5) is 17.6 Å². The summed E-state index contributed by atoms with van der Waals surface area (Å²) in [7, 11) is 0. The second-order valence-electron chi connectivity index (χ2n) is 4.89. The molecule has 1 aromatic carbocycles. The largest absolute Gasteiger partial charge is 0.256 e. The minimum atomic E-state index is -1.81. The molecule has 0 N–H and O–H groups in total. The number of aromatic nitrogens is 1. The zero-order valence-electron chi connectivity index (χ0n) is 10.5. The maximum Gasteiger partial charge on any atom is 0.198 e. The third kappa shape index (κ3) is 2.07. The lowest BCUT2D eigenvalue weighted by Gasteiger charge is -2.16. The Hall–Kier alpha value is -1.91. The van der Waals surface area contributed by atoms with Gasteiger partial charge < -0.3 is 0 Å². The molecule has 3 rings (SSSR count). The second kappa shape index (κ2) is 4.89. The lowest BCUT2D eigenvalue weighted by atomic mass is 9.92. The highest BCUT2D eigenvalue weighted by atomic mass is 19.2. The van der Waals surface area contributed by atoms with E-state index in [0.29, 0.717) is 6.07 Å². The van der Waals surface area contributed by atoms with E-state index >= 15 is 0 Å². The fourth-order valence-corrected chi connectivity index (χ4v) is 2.52. The third-order valence-electron chi connectivity index (χ3n) is 3.60. The fourth-order valence-electron chi connectivity index (χ4n) is 2.52. The maximum absolute atomic E-state index is 13.7. The quantitative estimate of drug-likeness (QED) is 0.434. The van der Waals surface area contributed by atoms with Gasteiger partial charge in [0, 0.05) is 11.8 Å². The lowest BCUT2D eigenvalue weighted by molar-refractivity contribution is 0.410. The number of fused-ring (bicyclic) bond motifs is 1. The van der Waals surface area contributed by atoms with Gasteiger partial charge in [0.05, 0.1) is 5.69 Å². The molecule has 0 aliphatic heterocycles. The Balaban J connectivity index is 2.14. The number of hydrogen-bond donors (Lipinski definition) is 0. The van der Waals surface area contributed by atoms with Crippen LogP contribution in [0.1, 0.15) is 24.0 Å². The zero-order chi connectivity index (χ0) is 14.3. The monoisotopic (exact) mass is 281 g/mol. The lowest BCUT2D eigenvalue weighted by Crippen LogP contribution is -2.05. The molecule has 0 saturated carbocycles. The van der Waals surface area contributed by atoms with E-state index in [9.17, 15) is 17.6 Å². The molecule has 1 aliphatic carbocycles. The molecule has 20 heavy (non-hydrogen) atoms. The molecule has 5 heteroatoms. The molecule has 0 radical (unpaired) electrons. The van der Waals surface area contributed by atoms with Crippen LogP contribution in [0, 0.1) is 23.3 Å². The molecule has 0 fully saturated rings. The van der Waals surface area contributed by atoms with Gasteiger partial charge >= 0.3 is 0 Å². The van der Waals surface area contributed by atoms with E-state index in [1.807, 2.05) is 0 Å². The number of hydrogen-bond acceptors (Lipinski definition) is 1. The van der Waals surface area contributed by atoms with Crippen molar-refractivity contribution < 1.29 is 17.6 Å². The van der Waals surface area contributed by atoms with Gasteiger partial charge in [0.25, 0.3) is 0 Å². The van der Waals surface area contributed by atoms with Crippen LogP contribution in [0.3, 0.4) is 0 Å². The number of rotatable bonds is 1. The Labute approximate surface area is 113 Å². The summed E-state index contributed by atoms with van der Waals surface area (Å²) in [5, 5.41) is 0. The molecule has 1 heterocycles. The summed E-state index contributed by atoms with van der Waals surface area (Å²) in [5.41, 5.74) is 1.85. The van der Waals surface area contributed by atoms with Gasteiger partial charge in [-0.15, -0.1) is 0 Å². The number of halogens is 4. The van der Waals surface area contributed by atoms with Crippen molar-refractivity contribution in [3.63, 3.8) is 0 Å². The van der Waals surface area contributed by atoms with Crippen LogP contribution in [0.15, 0.2) is 18.3 Å². The minimum absolute atomic E-state index is 0.126. The molecule has 0 amide bonds. The van der Waals surface area contributed by atoms with E-state index in [1.54, 1.807) is 12.3 Å². The Kier molecular flexibility index (Phi) is 3.20. The van der Waals surface area contributed by atoms with E-state index in [1.165, 1.54) is 0 Å². The van der Waals surface area contributed by atoms with Crippen molar-refractivity contribution in [3.05, 3.63) is 52.7 Å². The highest BCUT2D eigenvalue weighted by Gasteiger charge is 2.21. The summed E-state index contributed by atoms with van der Waals surface area (Å²) in [6.07, 6.45) is 5.42. The maximum atomic E-state index is 13.7. The molecule has 0 bridgehead atoms. The minimum Gasteiger partial charge on any atom is -0.256 e. The van der Waals surface area contributed by atoms with E-state index < -0.39 is 23.3 Å². The number of benzene rings is 1. The van der Waals surface area contributed by atoms with Crippen molar-refractivity contribution in [2.45, 2.75) is 25.7 Å². The van der Waals surface area contributed by atoms with Crippen LogP contribution in [-0.2, 0) is 12.8 Å². The van der Waals surface area contributed by atoms with Gasteiger partial charge in [0.2, 0.25) is 0 Å². The molecule has 0 spiro atoms. The summed E-state index contributed by atoms with van der Waals surface area (Å²) < 4.78 is 53.2. The van der Waals surface area contributed by atoms with E-state index in [2.05, 4.69) is 4.98 Å². The summed E-state index contributed by atoms with van der Waals surface area (Å²) in [5.74, 6) is -6.44. The summed E-state index contributed by atoms with van der Waals surface area (Å²) >= 11 is 0. The molecule has 1 aliphatic rings. The van der Waals surface area contributed by atoms with E-state index in [0.717, 1.165) is 36.8 Å². The smallest absolute Gasteiger partial charge is 0.198 e. The number of aryl methyl sites for hydroxylation is 2. The van der Waals surface area contributed by atoms with Crippen LogP contribution in [-0.4, -0.2) is 4.98 Å².